The van der Waals surface area contributed by atoms with Gasteiger partial charge in [0.05, 0.1) is 19.9 Å². The Morgan fingerprint density at radius 2 is 1.76 bits per heavy atom. The molecule has 2 heterocycles. The van der Waals surface area contributed by atoms with Crippen LogP contribution in [0.15, 0.2) is 63.3 Å². The quantitative estimate of drug-likeness (QED) is 0.351. The minimum absolute atomic E-state index is 0.108. The first-order valence-corrected chi connectivity index (χ1v) is 12.4. The highest BCUT2D eigenvalue weighted by Crippen LogP contribution is 2.36. The summed E-state index contributed by atoms with van der Waals surface area (Å²) < 4.78 is 44.1. The third kappa shape index (κ3) is 4.31. The number of thiophene rings is 1. The monoisotopic (exact) mass is 485 g/mol. The fourth-order valence-corrected chi connectivity index (χ4v) is 5.80. The van der Waals surface area contributed by atoms with Gasteiger partial charge in [0.1, 0.15) is 9.77 Å². The van der Waals surface area contributed by atoms with Gasteiger partial charge in [-0.3, -0.25) is 4.31 Å². The summed E-state index contributed by atoms with van der Waals surface area (Å²) in [4.78, 5) is 4.93. The molecule has 0 saturated carbocycles. The molecule has 2 aromatic carbocycles. The molecule has 0 radical (unpaired) electrons. The molecule has 4 aromatic rings. The molecule has 4 rings (SSSR count). The number of benzene rings is 2. The summed E-state index contributed by atoms with van der Waals surface area (Å²) in [6, 6.07) is 14.2. The maximum absolute atomic E-state index is 13.4. The minimum Gasteiger partial charge on any atom is -0.493 e. The van der Waals surface area contributed by atoms with E-state index in [-0.39, 0.29) is 10.8 Å². The number of aromatic nitrogens is 2. The predicted molar refractivity (Wildman–Crippen MR) is 128 cm³/mol. The lowest BCUT2D eigenvalue weighted by Crippen LogP contribution is -2.26. The average Bonchev–Trinajstić information content (AvgIpc) is 3.53. The van der Waals surface area contributed by atoms with Crippen LogP contribution >= 0.6 is 11.3 Å². The summed E-state index contributed by atoms with van der Waals surface area (Å²) in [5.74, 6) is 1.54. The fraction of sp³-hybridized carbons (Fsp3) is 0.217. The highest BCUT2D eigenvalue weighted by atomic mass is 32.2. The van der Waals surface area contributed by atoms with E-state index in [0.29, 0.717) is 33.5 Å². The van der Waals surface area contributed by atoms with Crippen molar-refractivity contribution in [2.45, 2.75) is 18.2 Å². The van der Waals surface area contributed by atoms with Gasteiger partial charge in [-0.2, -0.15) is 4.98 Å². The van der Waals surface area contributed by atoms with E-state index in [2.05, 4.69) is 10.1 Å². The summed E-state index contributed by atoms with van der Waals surface area (Å²) in [7, 11) is 0.779. The SMILES string of the molecule is CCc1ccc(N(C)S(=O)(=O)c2ccsc2-c2nc(-c3ccc(OC)c(OC)c3)no2)cc1. The number of rotatable bonds is 8. The van der Waals surface area contributed by atoms with Gasteiger partial charge < -0.3 is 14.0 Å². The van der Waals surface area contributed by atoms with Crippen molar-refractivity contribution in [3.63, 3.8) is 0 Å². The van der Waals surface area contributed by atoms with Crippen LogP contribution in [-0.4, -0.2) is 39.8 Å². The standard InChI is InChI=1S/C23H23N3O5S2/c1-5-15-6-9-17(10-7-15)26(2)33(27,28)20-12-13-32-21(20)23-24-22(25-31-23)16-8-11-18(29-3)19(14-16)30-4/h6-14H,5H2,1-4H3. The second kappa shape index (κ2) is 9.24. The number of hydrogen-bond acceptors (Lipinski definition) is 8. The Balaban J connectivity index is 1.67. The molecule has 0 saturated heterocycles. The number of nitrogens with zero attached hydrogens (tertiary/aromatic N) is 3. The molecular formula is C23H23N3O5S2. The van der Waals surface area contributed by atoms with E-state index in [9.17, 15) is 8.42 Å². The topological polar surface area (TPSA) is 94.8 Å². The van der Waals surface area contributed by atoms with Crippen molar-refractivity contribution >= 4 is 27.0 Å². The van der Waals surface area contributed by atoms with Crippen LogP contribution in [0.2, 0.25) is 0 Å². The number of sulfonamides is 1. The van der Waals surface area contributed by atoms with Crippen molar-refractivity contribution in [1.29, 1.82) is 0 Å². The van der Waals surface area contributed by atoms with Gasteiger partial charge in [0.2, 0.25) is 5.82 Å². The van der Waals surface area contributed by atoms with E-state index in [1.165, 1.54) is 22.7 Å². The maximum Gasteiger partial charge on any atom is 0.269 e. The largest absolute Gasteiger partial charge is 0.493 e. The van der Waals surface area contributed by atoms with Crippen LogP contribution in [0.25, 0.3) is 22.2 Å². The second-order valence-corrected chi connectivity index (χ2v) is 9.95. The molecule has 0 amide bonds. The van der Waals surface area contributed by atoms with Gasteiger partial charge in [0.25, 0.3) is 15.9 Å². The summed E-state index contributed by atoms with van der Waals surface area (Å²) >= 11 is 1.22. The van der Waals surface area contributed by atoms with Crippen molar-refractivity contribution in [3.8, 4) is 33.7 Å². The fourth-order valence-electron chi connectivity index (χ4n) is 3.29. The molecule has 2 aromatic heterocycles. The van der Waals surface area contributed by atoms with E-state index in [1.54, 1.807) is 56.0 Å². The average molecular weight is 486 g/mol. The van der Waals surface area contributed by atoms with Crippen LogP contribution in [0.4, 0.5) is 5.69 Å². The van der Waals surface area contributed by atoms with E-state index in [4.69, 9.17) is 14.0 Å². The molecule has 0 aliphatic rings. The zero-order valence-electron chi connectivity index (χ0n) is 18.6. The summed E-state index contributed by atoms with van der Waals surface area (Å²) in [5, 5.41) is 5.73. The Bertz CT molecular complexity index is 1360. The van der Waals surface area contributed by atoms with Gasteiger partial charge in [-0.15, -0.1) is 11.3 Å². The number of anilines is 1. The predicted octanol–water partition coefficient (Wildman–Crippen LogP) is 4.87. The molecule has 0 bridgehead atoms. The van der Waals surface area contributed by atoms with Crippen LogP contribution in [0.5, 0.6) is 11.5 Å². The van der Waals surface area contributed by atoms with Gasteiger partial charge in [-0.1, -0.05) is 24.2 Å². The third-order valence-corrected chi connectivity index (χ3v) is 8.10. The van der Waals surface area contributed by atoms with E-state index in [1.807, 2.05) is 19.1 Å². The van der Waals surface area contributed by atoms with Crippen molar-refractivity contribution in [3.05, 3.63) is 59.5 Å². The summed E-state index contributed by atoms with van der Waals surface area (Å²) in [5.41, 5.74) is 2.35. The maximum atomic E-state index is 13.4. The summed E-state index contributed by atoms with van der Waals surface area (Å²) in [6.45, 7) is 2.05. The molecule has 0 fully saturated rings. The van der Waals surface area contributed by atoms with Crippen molar-refractivity contribution in [1.82, 2.24) is 10.1 Å². The minimum atomic E-state index is -3.84. The Labute approximate surface area is 196 Å². The number of aryl methyl sites for hydroxylation is 1. The summed E-state index contributed by atoms with van der Waals surface area (Å²) in [6.07, 6.45) is 0.880. The van der Waals surface area contributed by atoms with Crippen LogP contribution in [-0.2, 0) is 16.4 Å². The Hall–Kier alpha value is -3.37. The van der Waals surface area contributed by atoms with Crippen molar-refractivity contribution in [2.75, 3.05) is 25.6 Å². The number of hydrogen-bond donors (Lipinski definition) is 0. The van der Waals surface area contributed by atoms with E-state index < -0.39 is 10.0 Å². The number of methoxy groups -OCH3 is 2. The third-order valence-electron chi connectivity index (χ3n) is 5.24. The zero-order valence-corrected chi connectivity index (χ0v) is 20.2. The highest BCUT2D eigenvalue weighted by molar-refractivity contribution is 7.93. The highest BCUT2D eigenvalue weighted by Gasteiger charge is 2.28. The Morgan fingerprint density at radius 1 is 1.03 bits per heavy atom. The van der Waals surface area contributed by atoms with Crippen molar-refractivity contribution in [2.24, 2.45) is 0 Å². The molecule has 0 aliphatic carbocycles. The molecule has 172 valence electrons. The van der Waals surface area contributed by atoms with Gasteiger partial charge >= 0.3 is 0 Å². The normalized spacial score (nSPS) is 11.4. The molecular weight excluding hydrogens is 462 g/mol. The first-order chi connectivity index (χ1) is 15.9. The Kier molecular flexibility index (Phi) is 6.39. The lowest BCUT2D eigenvalue weighted by Gasteiger charge is -2.19. The second-order valence-electron chi connectivity index (χ2n) is 7.10. The van der Waals surface area contributed by atoms with Gasteiger partial charge in [-0.25, -0.2) is 8.42 Å². The molecule has 0 N–H and O–H groups in total. The number of ether oxygens (including phenoxy) is 2. The van der Waals surface area contributed by atoms with Crippen LogP contribution < -0.4 is 13.8 Å². The van der Waals surface area contributed by atoms with Crippen LogP contribution in [0, 0.1) is 0 Å². The first-order valence-electron chi connectivity index (χ1n) is 10.1. The zero-order chi connectivity index (χ0) is 23.6. The Morgan fingerprint density at radius 3 is 2.42 bits per heavy atom. The molecule has 33 heavy (non-hydrogen) atoms. The molecule has 0 aliphatic heterocycles. The lowest BCUT2D eigenvalue weighted by molar-refractivity contribution is 0.355. The lowest BCUT2D eigenvalue weighted by atomic mass is 10.1. The smallest absolute Gasteiger partial charge is 0.269 e. The van der Waals surface area contributed by atoms with E-state index in [0.717, 1.165) is 12.0 Å². The molecule has 10 heteroatoms. The van der Waals surface area contributed by atoms with Gasteiger partial charge in [0, 0.05) is 12.6 Å². The van der Waals surface area contributed by atoms with Crippen LogP contribution in [0.3, 0.4) is 0 Å². The van der Waals surface area contributed by atoms with Gasteiger partial charge in [-0.05, 0) is 53.8 Å². The van der Waals surface area contributed by atoms with Gasteiger partial charge in [0.15, 0.2) is 11.5 Å². The molecule has 0 unspecified atom stereocenters. The molecule has 0 spiro atoms. The van der Waals surface area contributed by atoms with Crippen molar-refractivity contribution < 1.29 is 22.4 Å². The molecule has 0 atom stereocenters. The van der Waals surface area contributed by atoms with Crippen LogP contribution in [0.1, 0.15) is 12.5 Å². The first kappa shape index (κ1) is 22.8. The van der Waals surface area contributed by atoms with E-state index >= 15 is 0 Å². The molecule has 8 nitrogen and oxygen atoms in total.